The molecule has 0 radical (unpaired) electrons. The molecule has 266 valence electrons. The molecule has 1 spiro atoms. The van der Waals surface area contributed by atoms with E-state index in [1.54, 1.807) is 7.11 Å². The van der Waals surface area contributed by atoms with E-state index in [0.717, 1.165) is 18.4 Å². The van der Waals surface area contributed by atoms with Gasteiger partial charge in [0.25, 0.3) is 0 Å². The Morgan fingerprint density at radius 3 is 2.31 bits per heavy atom. The molecule has 4 aliphatic carbocycles. The Labute approximate surface area is 278 Å². The first kappa shape index (κ1) is 37.5. The van der Waals surface area contributed by atoms with Gasteiger partial charge in [0.1, 0.15) is 17.6 Å². The number of carboxylic acid groups (broad SMARTS) is 1. The lowest BCUT2D eigenvalue weighted by atomic mass is 9.39. The molecule has 4 fully saturated rings. The number of aliphatic carboxylic acids is 1. The summed E-state index contributed by atoms with van der Waals surface area (Å²) >= 11 is 0. The second-order valence-electron chi connectivity index (χ2n) is 14.3. The maximum absolute atomic E-state index is 14.4. The zero-order valence-electron chi connectivity index (χ0n) is 27.8. The van der Waals surface area contributed by atoms with Crippen molar-refractivity contribution >= 4 is 23.7 Å². The number of aliphatic hydroxyl groups is 1. The lowest BCUT2D eigenvalue weighted by Crippen LogP contribution is -2.72. The van der Waals surface area contributed by atoms with Gasteiger partial charge in [0.2, 0.25) is 0 Å². The molecule has 4 N–H and O–H groups in total. The number of ketones is 1. The molecule has 1 aromatic carbocycles. The Morgan fingerprint density at radius 2 is 1.75 bits per heavy atom. The summed E-state index contributed by atoms with van der Waals surface area (Å²) in [5.41, 5.74) is 5.62. The van der Waals surface area contributed by atoms with Crippen molar-refractivity contribution < 1.29 is 56.8 Å². The summed E-state index contributed by atoms with van der Waals surface area (Å²) in [6.07, 6.45) is -3.13. The number of alkyl halides is 3. The van der Waals surface area contributed by atoms with Gasteiger partial charge < -0.3 is 30.2 Å². The lowest BCUT2D eigenvalue weighted by molar-refractivity contribution is -0.272. The first-order chi connectivity index (χ1) is 22.3. The van der Waals surface area contributed by atoms with Crippen LogP contribution in [0.3, 0.4) is 0 Å². The fraction of sp³-hybridized carbons (Fsp3) is 0.657. The van der Waals surface area contributed by atoms with Crippen LogP contribution >= 0.6 is 0 Å². The molecule has 1 aromatic rings. The van der Waals surface area contributed by atoms with Gasteiger partial charge in [0.15, 0.2) is 5.78 Å². The number of methoxy groups -OCH3 is 1. The molecule has 5 rings (SSSR count). The number of ether oxygens (including phenoxy) is 3. The Balaban J connectivity index is 0.000000671. The third-order valence-electron chi connectivity index (χ3n) is 11.3. The first-order valence-electron chi connectivity index (χ1n) is 16.2. The quantitative estimate of drug-likeness (QED) is 0.265. The van der Waals surface area contributed by atoms with Crippen molar-refractivity contribution in [2.24, 2.45) is 39.7 Å². The van der Waals surface area contributed by atoms with E-state index in [4.69, 9.17) is 29.8 Å². The number of nitrogens with two attached hydrogens (primary N) is 1. The number of hydrogen-bond donors (Lipinski definition) is 3. The van der Waals surface area contributed by atoms with Crippen LogP contribution in [0.25, 0.3) is 0 Å². The number of carbonyl (C=O) groups is 4. The highest BCUT2D eigenvalue weighted by Gasteiger charge is 2.78. The van der Waals surface area contributed by atoms with Crippen LogP contribution < -0.4 is 5.73 Å². The highest BCUT2D eigenvalue weighted by Crippen LogP contribution is 2.72. The predicted octanol–water partition coefficient (Wildman–Crippen LogP) is 4.41. The summed E-state index contributed by atoms with van der Waals surface area (Å²) in [6, 6.07) is 8.93. The zero-order chi connectivity index (χ0) is 35.8. The normalized spacial score (nSPS) is 34.1. The molecule has 0 saturated heterocycles. The molecule has 10 nitrogen and oxygen atoms in total. The van der Waals surface area contributed by atoms with E-state index in [1.807, 2.05) is 30.3 Å². The molecule has 2 bridgehead atoms. The van der Waals surface area contributed by atoms with E-state index in [-0.39, 0.29) is 30.1 Å². The maximum atomic E-state index is 14.4. The van der Waals surface area contributed by atoms with Gasteiger partial charge in [-0.25, -0.2) is 4.79 Å². The Kier molecular flexibility index (Phi) is 10.9. The van der Waals surface area contributed by atoms with Gasteiger partial charge in [-0.3, -0.25) is 14.4 Å². The van der Waals surface area contributed by atoms with Gasteiger partial charge in [-0.1, -0.05) is 57.2 Å². The number of carbonyl (C=O) groups excluding carboxylic acids is 3. The van der Waals surface area contributed by atoms with Crippen LogP contribution in [0, 0.1) is 34.0 Å². The number of rotatable bonds is 8. The SMILES string of the molecule is C=C1C(=O)[C@]23[C@H](OC(=O)[C@@H](N)CCc4ccccc4)[C@H]1C[C@H](O)[C@H]2[C@]1(COC(C)=O)CCCC(C)(C)[C@H]1C[C@H]3OC.O=C(O)C(F)(F)F. The van der Waals surface area contributed by atoms with Gasteiger partial charge in [-0.2, -0.15) is 13.2 Å². The van der Waals surface area contributed by atoms with Crippen LogP contribution in [0.15, 0.2) is 42.5 Å². The van der Waals surface area contributed by atoms with Crippen LogP contribution in [-0.2, 0) is 39.8 Å². The van der Waals surface area contributed by atoms with Crippen LogP contribution in [0.5, 0.6) is 0 Å². The number of hydrogen-bond acceptors (Lipinski definition) is 9. The molecular weight excluding hydrogens is 635 g/mol. The number of carboxylic acids is 1. The smallest absolute Gasteiger partial charge is 0.475 e. The van der Waals surface area contributed by atoms with Gasteiger partial charge >= 0.3 is 24.1 Å². The Bertz CT molecular complexity index is 1400. The van der Waals surface area contributed by atoms with Crippen molar-refractivity contribution in [2.45, 2.75) is 96.2 Å². The molecule has 9 atom stereocenters. The summed E-state index contributed by atoms with van der Waals surface area (Å²) in [4.78, 5) is 49.0. The molecule has 0 amide bonds. The minimum absolute atomic E-state index is 0.0148. The van der Waals surface area contributed by atoms with Crippen molar-refractivity contribution in [3.63, 3.8) is 0 Å². The Hall–Kier alpha value is -3.29. The van der Waals surface area contributed by atoms with Crippen molar-refractivity contribution in [1.82, 2.24) is 0 Å². The van der Waals surface area contributed by atoms with Gasteiger partial charge in [-0.15, -0.1) is 0 Å². The monoisotopic (exact) mass is 681 g/mol. The average Bonchev–Trinajstić information content (AvgIpc) is 3.14. The van der Waals surface area contributed by atoms with Gasteiger partial charge in [0.05, 0.1) is 18.8 Å². The number of esters is 2. The Morgan fingerprint density at radius 1 is 1.12 bits per heavy atom. The van der Waals surface area contributed by atoms with E-state index in [1.165, 1.54) is 6.92 Å². The fourth-order valence-electron chi connectivity index (χ4n) is 9.38. The first-order valence-corrected chi connectivity index (χ1v) is 16.2. The summed E-state index contributed by atoms with van der Waals surface area (Å²) in [7, 11) is 1.58. The summed E-state index contributed by atoms with van der Waals surface area (Å²) in [5.74, 6) is -5.09. The minimum Gasteiger partial charge on any atom is -0.475 e. The third kappa shape index (κ3) is 6.65. The average molecular weight is 682 g/mol. The molecule has 4 saturated carbocycles. The van der Waals surface area contributed by atoms with E-state index in [9.17, 15) is 32.7 Å². The predicted molar refractivity (Wildman–Crippen MR) is 166 cm³/mol. The maximum Gasteiger partial charge on any atom is 0.490 e. The number of halogens is 3. The van der Waals surface area contributed by atoms with E-state index in [0.29, 0.717) is 31.3 Å². The molecule has 0 heterocycles. The molecule has 0 aliphatic heterocycles. The number of fused-ring (bicyclic) bond motifs is 3. The number of Topliss-reactive ketones (excluding diaryl/α,β-unsaturated/α-hetero) is 1. The van der Waals surface area contributed by atoms with Gasteiger partial charge in [0, 0.05) is 31.3 Å². The van der Waals surface area contributed by atoms with E-state index >= 15 is 0 Å². The second kappa shape index (κ2) is 13.9. The molecule has 13 heteroatoms. The van der Waals surface area contributed by atoms with Crippen LogP contribution in [0.1, 0.15) is 64.9 Å². The highest BCUT2D eigenvalue weighted by molar-refractivity contribution is 6.05. The van der Waals surface area contributed by atoms with Crippen LogP contribution in [0.4, 0.5) is 13.2 Å². The largest absolute Gasteiger partial charge is 0.490 e. The molecule has 48 heavy (non-hydrogen) atoms. The summed E-state index contributed by atoms with van der Waals surface area (Å²) in [5, 5.41) is 19.0. The lowest BCUT2D eigenvalue weighted by Gasteiger charge is -2.67. The van der Waals surface area contributed by atoms with Gasteiger partial charge in [-0.05, 0) is 61.0 Å². The summed E-state index contributed by atoms with van der Waals surface area (Å²) < 4.78 is 49.9. The molecule has 0 aromatic heterocycles. The number of benzene rings is 1. The van der Waals surface area contributed by atoms with Crippen molar-refractivity contribution in [3.8, 4) is 0 Å². The van der Waals surface area contributed by atoms with E-state index in [2.05, 4.69) is 20.4 Å². The number of aryl methyl sites for hydroxylation is 1. The molecule has 4 aliphatic rings. The highest BCUT2D eigenvalue weighted by atomic mass is 19.4. The topological polar surface area (TPSA) is 162 Å². The standard InChI is InChI=1S/C33H45NO7.C2HF3O2/c1-19-22-16-24(36)27-32(18-40-20(2)35)15-9-14-31(3,4)25(32)17-26(39-5)33(27,28(19)37)29(22)41-30(38)23(34)13-12-21-10-7-6-8-11-21;3-2(4,5)1(6)7/h6-8,10-11,22-27,29,36H,1,9,12-18,34H2,2-5H3;(H,6,7)/t22-,23-,24-,25+,26+,27-,29+,32-,33+;/m0./s1. The second-order valence-corrected chi connectivity index (χ2v) is 14.3. The van der Waals surface area contributed by atoms with Crippen LogP contribution in [0.2, 0.25) is 0 Å². The van der Waals surface area contributed by atoms with Crippen molar-refractivity contribution in [1.29, 1.82) is 0 Å². The molecule has 0 unspecified atom stereocenters. The number of aliphatic hydroxyl groups excluding tert-OH is 1. The third-order valence-corrected chi connectivity index (χ3v) is 11.3. The molecular formula is C35H46F3NO9. The van der Waals surface area contributed by atoms with E-state index < -0.39 is 71.1 Å². The van der Waals surface area contributed by atoms with Crippen molar-refractivity contribution in [3.05, 3.63) is 48.0 Å². The summed E-state index contributed by atoms with van der Waals surface area (Å²) in [6.45, 7) is 10.0. The minimum atomic E-state index is -5.08. The van der Waals surface area contributed by atoms with Crippen molar-refractivity contribution in [2.75, 3.05) is 13.7 Å². The van der Waals surface area contributed by atoms with Crippen LogP contribution in [-0.4, -0.2) is 78.2 Å². The fourth-order valence-corrected chi connectivity index (χ4v) is 9.38. The zero-order valence-corrected chi connectivity index (χ0v) is 27.8.